The highest BCUT2D eigenvalue weighted by Gasteiger charge is 2.16. The first-order valence-electron chi connectivity index (χ1n) is 11.3. The van der Waals surface area contributed by atoms with Gasteiger partial charge in [0.1, 0.15) is 23.0 Å². The summed E-state index contributed by atoms with van der Waals surface area (Å²) < 4.78 is 23.0. The van der Waals surface area contributed by atoms with Crippen molar-refractivity contribution >= 4 is 16.5 Å². The third-order valence-corrected chi connectivity index (χ3v) is 5.56. The second-order valence-electron chi connectivity index (χ2n) is 7.82. The van der Waals surface area contributed by atoms with Crippen molar-refractivity contribution in [2.24, 2.45) is 4.99 Å². The first kappa shape index (κ1) is 23.2. The Kier molecular flexibility index (Phi) is 6.77. The van der Waals surface area contributed by atoms with Crippen molar-refractivity contribution in [1.82, 2.24) is 0 Å². The molecule has 0 amide bonds. The van der Waals surface area contributed by atoms with Gasteiger partial charge in [-0.15, -0.1) is 0 Å². The van der Waals surface area contributed by atoms with Crippen molar-refractivity contribution in [1.29, 1.82) is 0 Å². The number of rotatable bonds is 7. The van der Waals surface area contributed by atoms with Crippen LogP contribution in [0, 0.1) is 13.8 Å². The maximum Gasteiger partial charge on any atom is 0.161 e. The zero-order valence-corrected chi connectivity index (χ0v) is 20.1. The van der Waals surface area contributed by atoms with E-state index in [0.717, 1.165) is 50.2 Å². The fraction of sp³-hybridized carbons (Fsp3) is 0.250. The number of aromatic hydroxyl groups is 1. The summed E-state index contributed by atoms with van der Waals surface area (Å²) in [5, 5.41) is 12.7. The molecule has 1 heterocycles. The number of phenolic OH excluding ortho intramolecular Hbond substituents is 1. The molecule has 0 aliphatic heterocycles. The topological polar surface area (TPSA) is 73.4 Å². The normalized spacial score (nSPS) is 11.6. The molecule has 0 spiro atoms. The van der Waals surface area contributed by atoms with Crippen molar-refractivity contribution < 1.29 is 23.7 Å². The van der Waals surface area contributed by atoms with Crippen LogP contribution in [0.25, 0.3) is 21.9 Å². The molecular weight excluding hydrogens is 430 g/mol. The van der Waals surface area contributed by atoms with Gasteiger partial charge in [0.05, 0.1) is 42.1 Å². The van der Waals surface area contributed by atoms with Crippen LogP contribution in [0.5, 0.6) is 23.0 Å². The summed E-state index contributed by atoms with van der Waals surface area (Å²) in [4.78, 5) is 4.97. The third kappa shape index (κ3) is 4.57. The minimum atomic E-state index is 0.100. The van der Waals surface area contributed by atoms with E-state index < -0.39 is 0 Å². The number of hydrogen-bond donors (Lipinski definition) is 1. The molecule has 0 aliphatic carbocycles. The Morgan fingerprint density at radius 3 is 2.12 bits per heavy atom. The van der Waals surface area contributed by atoms with Crippen molar-refractivity contribution in [3.63, 3.8) is 0 Å². The molecule has 1 N–H and O–H groups in total. The Balaban J connectivity index is 2.06. The summed E-state index contributed by atoms with van der Waals surface area (Å²) >= 11 is 0. The van der Waals surface area contributed by atoms with E-state index in [4.69, 9.17) is 23.6 Å². The van der Waals surface area contributed by atoms with Gasteiger partial charge >= 0.3 is 0 Å². The van der Waals surface area contributed by atoms with E-state index in [2.05, 4.69) is 0 Å². The lowest BCUT2D eigenvalue weighted by Gasteiger charge is -2.09. The number of benzene rings is 2. The highest BCUT2D eigenvalue weighted by molar-refractivity contribution is 5.93. The first-order valence-corrected chi connectivity index (χ1v) is 11.3. The van der Waals surface area contributed by atoms with E-state index in [1.807, 2.05) is 76.2 Å². The number of ether oxygens (including phenoxy) is 3. The summed E-state index contributed by atoms with van der Waals surface area (Å²) in [5.74, 6) is 3.55. The molecule has 0 aliphatic rings. The SMILES string of the molecule is CCOc1cc(-c2cc(OCC)c3c(C)oc(C)c3c(=Nc3ccc(OC)cc3)c2)ccc1O. The molecule has 4 aromatic rings. The molecule has 0 fully saturated rings. The van der Waals surface area contributed by atoms with Crippen LogP contribution >= 0.6 is 0 Å². The zero-order chi connectivity index (χ0) is 24.2. The largest absolute Gasteiger partial charge is 0.504 e. The Morgan fingerprint density at radius 2 is 1.44 bits per heavy atom. The molecule has 0 saturated carbocycles. The monoisotopic (exact) mass is 459 g/mol. The van der Waals surface area contributed by atoms with Gasteiger partial charge < -0.3 is 23.7 Å². The molecular formula is C28H29NO5. The lowest BCUT2D eigenvalue weighted by Crippen LogP contribution is -2.00. The zero-order valence-electron chi connectivity index (χ0n) is 20.1. The molecule has 0 unspecified atom stereocenters. The highest BCUT2D eigenvalue weighted by atomic mass is 16.5. The summed E-state index contributed by atoms with van der Waals surface area (Å²) in [6.45, 7) is 8.67. The standard InChI is InChI=1S/C28H29NO5/c1-6-32-25-15-19(8-13-24(25)30)20-14-23(29-21-9-11-22(31-5)12-10-21)27-17(3)34-18(4)28(27)26(16-20)33-7-2/h8-16,30H,6-7H2,1-5H3. The fourth-order valence-electron chi connectivity index (χ4n) is 4.05. The maximum atomic E-state index is 10.2. The van der Waals surface area contributed by atoms with Gasteiger partial charge in [0.15, 0.2) is 11.5 Å². The van der Waals surface area contributed by atoms with Crippen LogP contribution in [0.2, 0.25) is 0 Å². The van der Waals surface area contributed by atoms with Crippen molar-refractivity contribution in [3.8, 4) is 34.1 Å². The lowest BCUT2D eigenvalue weighted by atomic mass is 10.1. The number of fused-ring (bicyclic) bond motifs is 1. The average Bonchev–Trinajstić information content (AvgIpc) is 3.02. The molecule has 3 aromatic carbocycles. The molecule has 1 aromatic heterocycles. The summed E-state index contributed by atoms with van der Waals surface area (Å²) in [7, 11) is 1.64. The van der Waals surface area contributed by atoms with Crippen LogP contribution in [-0.4, -0.2) is 25.4 Å². The number of hydrogen-bond acceptors (Lipinski definition) is 6. The van der Waals surface area contributed by atoms with Gasteiger partial charge in [-0.05, 0) is 87.4 Å². The van der Waals surface area contributed by atoms with Gasteiger partial charge in [-0.3, -0.25) is 0 Å². The van der Waals surface area contributed by atoms with Gasteiger partial charge in [-0.1, -0.05) is 6.07 Å². The van der Waals surface area contributed by atoms with Crippen molar-refractivity contribution in [2.75, 3.05) is 20.3 Å². The molecule has 0 saturated heterocycles. The molecule has 4 rings (SSSR count). The van der Waals surface area contributed by atoms with Gasteiger partial charge in [0.25, 0.3) is 0 Å². The fourth-order valence-corrected chi connectivity index (χ4v) is 4.05. The maximum absolute atomic E-state index is 10.2. The minimum Gasteiger partial charge on any atom is -0.504 e. The molecule has 0 radical (unpaired) electrons. The number of furan rings is 1. The van der Waals surface area contributed by atoms with Crippen molar-refractivity contribution in [2.45, 2.75) is 27.7 Å². The van der Waals surface area contributed by atoms with Crippen LogP contribution in [0.3, 0.4) is 0 Å². The quantitative estimate of drug-likeness (QED) is 0.343. The Labute approximate surface area is 199 Å². The molecule has 176 valence electrons. The van der Waals surface area contributed by atoms with Crippen LogP contribution < -0.4 is 19.6 Å². The average molecular weight is 460 g/mol. The smallest absolute Gasteiger partial charge is 0.161 e. The van der Waals surface area contributed by atoms with Gasteiger partial charge in [0.2, 0.25) is 0 Å². The minimum absolute atomic E-state index is 0.100. The summed E-state index contributed by atoms with van der Waals surface area (Å²) in [6.07, 6.45) is 0. The molecule has 6 heteroatoms. The first-order chi connectivity index (χ1) is 16.4. The Morgan fingerprint density at radius 1 is 0.794 bits per heavy atom. The van der Waals surface area contributed by atoms with E-state index in [9.17, 15) is 5.11 Å². The molecule has 34 heavy (non-hydrogen) atoms. The van der Waals surface area contributed by atoms with E-state index in [-0.39, 0.29) is 5.75 Å². The second-order valence-corrected chi connectivity index (χ2v) is 7.82. The van der Waals surface area contributed by atoms with Crippen LogP contribution in [0.4, 0.5) is 5.69 Å². The lowest BCUT2D eigenvalue weighted by molar-refractivity contribution is 0.318. The van der Waals surface area contributed by atoms with Crippen LogP contribution in [0.1, 0.15) is 25.4 Å². The van der Waals surface area contributed by atoms with E-state index in [1.54, 1.807) is 13.2 Å². The Hall–Kier alpha value is -3.93. The number of phenols is 1. The Bertz CT molecular complexity index is 1390. The van der Waals surface area contributed by atoms with Gasteiger partial charge in [0, 0.05) is 0 Å². The molecule has 6 nitrogen and oxygen atoms in total. The second kappa shape index (κ2) is 9.91. The number of nitrogens with zero attached hydrogens (tertiary/aromatic N) is 1. The molecule has 0 atom stereocenters. The molecule has 0 bridgehead atoms. The van der Waals surface area contributed by atoms with Crippen LogP contribution in [0.15, 0.2) is 64.0 Å². The summed E-state index contributed by atoms with van der Waals surface area (Å²) in [5.41, 5.74) is 2.54. The summed E-state index contributed by atoms with van der Waals surface area (Å²) in [6, 6.07) is 16.9. The van der Waals surface area contributed by atoms with E-state index >= 15 is 0 Å². The van der Waals surface area contributed by atoms with Gasteiger partial charge in [-0.25, -0.2) is 4.99 Å². The van der Waals surface area contributed by atoms with E-state index in [1.165, 1.54) is 0 Å². The van der Waals surface area contributed by atoms with E-state index in [0.29, 0.717) is 24.7 Å². The number of methoxy groups -OCH3 is 1. The van der Waals surface area contributed by atoms with Crippen molar-refractivity contribution in [3.05, 3.63) is 71.5 Å². The third-order valence-electron chi connectivity index (χ3n) is 5.56. The van der Waals surface area contributed by atoms with Gasteiger partial charge in [-0.2, -0.15) is 0 Å². The van der Waals surface area contributed by atoms with Crippen LogP contribution in [-0.2, 0) is 0 Å². The highest BCUT2D eigenvalue weighted by Crippen LogP contribution is 2.36. The number of aryl methyl sites for hydroxylation is 2. The predicted molar refractivity (Wildman–Crippen MR) is 133 cm³/mol. The predicted octanol–water partition coefficient (Wildman–Crippen LogP) is 6.46.